The largest absolute Gasteiger partial charge is 0.357 e. The van der Waals surface area contributed by atoms with Crippen LogP contribution < -0.4 is 10.6 Å². The zero-order valence-electron chi connectivity index (χ0n) is 15.6. The van der Waals surface area contributed by atoms with Crippen LogP contribution in [0.2, 0.25) is 0 Å². The summed E-state index contributed by atoms with van der Waals surface area (Å²) in [5.74, 6) is 3.16. The summed E-state index contributed by atoms with van der Waals surface area (Å²) in [6.07, 6.45) is 4.16. The molecule has 7 nitrogen and oxygen atoms in total. The molecule has 1 aliphatic rings. The van der Waals surface area contributed by atoms with Gasteiger partial charge in [-0.3, -0.25) is 4.68 Å². The second-order valence-electron chi connectivity index (χ2n) is 7.04. The molecule has 2 N–H and O–H groups in total. The van der Waals surface area contributed by atoms with Gasteiger partial charge < -0.3 is 15.5 Å². The van der Waals surface area contributed by atoms with Crippen LogP contribution in [0.3, 0.4) is 0 Å². The summed E-state index contributed by atoms with van der Waals surface area (Å²) in [6, 6.07) is 0. The molecule has 0 aliphatic carbocycles. The first-order chi connectivity index (χ1) is 11.6. The molecule has 1 fully saturated rings. The molecule has 0 amide bonds. The van der Waals surface area contributed by atoms with Gasteiger partial charge in [0.2, 0.25) is 0 Å². The quantitative estimate of drug-likeness (QED) is 0.579. The number of aromatic nitrogens is 3. The normalized spacial score (nSPS) is 19.7. The van der Waals surface area contributed by atoms with Crippen molar-refractivity contribution in [1.29, 1.82) is 0 Å². The monoisotopic (exact) mass is 335 g/mol. The number of nitrogens with one attached hydrogen (secondary N) is 2. The molecule has 24 heavy (non-hydrogen) atoms. The number of likely N-dealkylation sites (tertiary alicyclic amines) is 1. The van der Waals surface area contributed by atoms with E-state index in [1.165, 1.54) is 32.5 Å². The summed E-state index contributed by atoms with van der Waals surface area (Å²) in [7, 11) is 1.89. The Kier molecular flexibility index (Phi) is 7.49. The summed E-state index contributed by atoms with van der Waals surface area (Å²) in [5, 5.41) is 10.9. The van der Waals surface area contributed by atoms with Gasteiger partial charge >= 0.3 is 0 Å². The highest BCUT2D eigenvalue weighted by molar-refractivity contribution is 5.79. The second-order valence-corrected chi connectivity index (χ2v) is 7.04. The van der Waals surface area contributed by atoms with E-state index in [9.17, 15) is 0 Å². The van der Waals surface area contributed by atoms with Crippen molar-refractivity contribution in [3.8, 4) is 0 Å². The molecule has 0 spiro atoms. The van der Waals surface area contributed by atoms with Crippen LogP contribution in [-0.2, 0) is 13.6 Å². The molecular formula is C17H33N7. The molecule has 1 aliphatic heterocycles. The number of nitrogens with zero attached hydrogens (tertiary/aromatic N) is 5. The van der Waals surface area contributed by atoms with Gasteiger partial charge in [-0.15, -0.1) is 0 Å². The van der Waals surface area contributed by atoms with Gasteiger partial charge in [-0.2, -0.15) is 5.10 Å². The zero-order valence-corrected chi connectivity index (χ0v) is 15.6. The van der Waals surface area contributed by atoms with Crippen molar-refractivity contribution in [2.75, 3.05) is 32.7 Å². The zero-order chi connectivity index (χ0) is 17.4. The Balaban J connectivity index is 1.83. The third-order valence-corrected chi connectivity index (χ3v) is 4.31. The molecule has 1 saturated heterocycles. The lowest BCUT2D eigenvalue weighted by atomic mass is 9.97. The van der Waals surface area contributed by atoms with E-state index in [0.717, 1.165) is 30.8 Å². The fourth-order valence-electron chi connectivity index (χ4n) is 3.20. The van der Waals surface area contributed by atoms with Crippen LogP contribution in [0.1, 0.15) is 39.4 Å². The topological polar surface area (TPSA) is 70.4 Å². The fourth-order valence-corrected chi connectivity index (χ4v) is 3.20. The average Bonchev–Trinajstić information content (AvgIpc) is 2.95. The predicted octanol–water partition coefficient (Wildman–Crippen LogP) is 1.24. The Labute approximate surface area is 145 Å². The molecule has 2 heterocycles. The number of guanidine groups is 1. The molecule has 0 bridgehead atoms. The highest BCUT2D eigenvalue weighted by Crippen LogP contribution is 2.16. The van der Waals surface area contributed by atoms with Crippen molar-refractivity contribution in [1.82, 2.24) is 30.3 Å². The van der Waals surface area contributed by atoms with Crippen LogP contribution in [0.15, 0.2) is 11.3 Å². The van der Waals surface area contributed by atoms with Crippen LogP contribution in [0.25, 0.3) is 0 Å². The van der Waals surface area contributed by atoms with Gasteiger partial charge in [0.15, 0.2) is 5.96 Å². The maximum Gasteiger partial charge on any atom is 0.191 e. The molecule has 0 radical (unpaired) electrons. The molecule has 0 saturated carbocycles. The lowest BCUT2D eigenvalue weighted by Gasteiger charge is -2.34. The smallest absolute Gasteiger partial charge is 0.191 e. The van der Waals surface area contributed by atoms with Crippen LogP contribution in [0, 0.1) is 11.8 Å². The van der Waals surface area contributed by atoms with E-state index >= 15 is 0 Å². The average molecular weight is 336 g/mol. The molecule has 1 aromatic heterocycles. The van der Waals surface area contributed by atoms with Crippen molar-refractivity contribution < 1.29 is 0 Å². The molecule has 136 valence electrons. The Morgan fingerprint density at radius 3 is 2.92 bits per heavy atom. The van der Waals surface area contributed by atoms with Crippen molar-refractivity contribution in [3.05, 3.63) is 12.2 Å². The molecule has 7 heteroatoms. The first-order valence-electron chi connectivity index (χ1n) is 9.15. The Bertz CT molecular complexity index is 509. The van der Waals surface area contributed by atoms with Gasteiger partial charge in [-0.1, -0.05) is 13.8 Å². The number of aliphatic imine (C=N–C) groups is 1. The van der Waals surface area contributed by atoms with Gasteiger partial charge in [0.1, 0.15) is 18.7 Å². The van der Waals surface area contributed by atoms with Crippen LogP contribution in [0.4, 0.5) is 0 Å². The molecular weight excluding hydrogens is 302 g/mol. The molecule has 0 aromatic carbocycles. The maximum atomic E-state index is 4.63. The van der Waals surface area contributed by atoms with Crippen LogP contribution in [0.5, 0.6) is 0 Å². The summed E-state index contributed by atoms with van der Waals surface area (Å²) >= 11 is 0. The number of aryl methyl sites for hydroxylation is 1. The summed E-state index contributed by atoms with van der Waals surface area (Å²) < 4.78 is 1.76. The van der Waals surface area contributed by atoms with E-state index in [-0.39, 0.29) is 0 Å². The summed E-state index contributed by atoms with van der Waals surface area (Å²) in [4.78, 5) is 11.4. The van der Waals surface area contributed by atoms with E-state index in [4.69, 9.17) is 0 Å². The molecule has 1 unspecified atom stereocenters. The summed E-state index contributed by atoms with van der Waals surface area (Å²) in [6.45, 7) is 12.7. The van der Waals surface area contributed by atoms with Gasteiger partial charge in [0.25, 0.3) is 0 Å². The Hall–Kier alpha value is -1.63. The van der Waals surface area contributed by atoms with E-state index in [1.807, 2.05) is 7.05 Å². The second kappa shape index (κ2) is 9.61. The van der Waals surface area contributed by atoms with E-state index in [1.54, 1.807) is 11.0 Å². The van der Waals surface area contributed by atoms with E-state index < -0.39 is 0 Å². The third-order valence-electron chi connectivity index (χ3n) is 4.31. The highest BCUT2D eigenvalue weighted by Gasteiger charge is 2.20. The van der Waals surface area contributed by atoms with Crippen LogP contribution in [-0.4, -0.2) is 58.3 Å². The van der Waals surface area contributed by atoms with Crippen molar-refractivity contribution in [2.24, 2.45) is 23.9 Å². The van der Waals surface area contributed by atoms with E-state index in [2.05, 4.69) is 51.4 Å². The number of piperidine rings is 1. The number of rotatable bonds is 7. The first kappa shape index (κ1) is 18.7. The van der Waals surface area contributed by atoms with Gasteiger partial charge in [-0.25, -0.2) is 9.98 Å². The molecule has 1 atom stereocenters. The minimum Gasteiger partial charge on any atom is -0.357 e. The summed E-state index contributed by atoms with van der Waals surface area (Å²) in [5.41, 5.74) is 0. The Morgan fingerprint density at radius 1 is 1.42 bits per heavy atom. The maximum absolute atomic E-state index is 4.63. The lowest BCUT2D eigenvalue weighted by Crippen LogP contribution is -2.45. The minimum absolute atomic E-state index is 0.538. The predicted molar refractivity (Wildman–Crippen MR) is 97.8 cm³/mol. The Morgan fingerprint density at radius 2 is 2.25 bits per heavy atom. The highest BCUT2D eigenvalue weighted by atomic mass is 15.3. The lowest BCUT2D eigenvalue weighted by molar-refractivity contribution is 0.159. The fraction of sp³-hybridized carbons (Fsp3) is 0.824. The minimum atomic E-state index is 0.538. The standard InChI is InChI=1S/C17H33N7/c1-5-18-17(20-10-16-21-13-22-23(16)4)19-9-15-7-6-8-24(12-15)11-14(2)3/h13-15H,5-12H2,1-4H3,(H2,18,19,20). The molecule has 2 rings (SSSR count). The van der Waals surface area contributed by atoms with Gasteiger partial charge in [0.05, 0.1) is 0 Å². The van der Waals surface area contributed by atoms with Gasteiger partial charge in [0, 0.05) is 33.2 Å². The third kappa shape index (κ3) is 6.11. The number of hydrogen-bond donors (Lipinski definition) is 2. The van der Waals surface area contributed by atoms with Gasteiger partial charge in [-0.05, 0) is 38.1 Å². The van der Waals surface area contributed by atoms with E-state index in [0.29, 0.717) is 12.5 Å². The van der Waals surface area contributed by atoms with Crippen molar-refractivity contribution in [3.63, 3.8) is 0 Å². The first-order valence-corrected chi connectivity index (χ1v) is 9.15. The SMILES string of the molecule is CCNC(=NCc1ncnn1C)NCC1CCCN(CC(C)C)C1. The van der Waals surface area contributed by atoms with Crippen molar-refractivity contribution >= 4 is 5.96 Å². The van der Waals surface area contributed by atoms with Crippen LogP contribution >= 0.6 is 0 Å². The molecule has 1 aromatic rings. The number of hydrogen-bond acceptors (Lipinski definition) is 4. The van der Waals surface area contributed by atoms with Crippen molar-refractivity contribution in [2.45, 2.75) is 40.2 Å².